The average molecular weight is 158 g/mol. The summed E-state index contributed by atoms with van der Waals surface area (Å²) in [5, 5.41) is 8.30. The smallest absolute Gasteiger partial charge is 0.337 e. The Morgan fingerprint density at radius 1 is 1.55 bits per heavy atom. The summed E-state index contributed by atoms with van der Waals surface area (Å²) >= 11 is 0. The molecule has 1 aromatic rings. The van der Waals surface area contributed by atoms with Gasteiger partial charge in [0.15, 0.2) is 0 Å². The van der Waals surface area contributed by atoms with Gasteiger partial charge in [-0.15, -0.1) is 0 Å². The number of carboxylic acids is 1. The van der Waals surface area contributed by atoms with Crippen molar-refractivity contribution in [2.75, 3.05) is 0 Å². The van der Waals surface area contributed by atoms with E-state index in [1.807, 2.05) is 0 Å². The monoisotopic (exact) mass is 158 g/mol. The molecule has 4 nitrogen and oxygen atoms in total. The van der Waals surface area contributed by atoms with E-state index in [1.165, 1.54) is 0 Å². The number of nitrogens with zero attached hydrogens (tertiary/aromatic N) is 1. The van der Waals surface area contributed by atoms with Gasteiger partial charge in [-0.05, 0) is 6.07 Å². The van der Waals surface area contributed by atoms with Gasteiger partial charge in [0, 0.05) is 6.20 Å². The number of hydrogen-bond donors (Lipinski definition) is 2. The van der Waals surface area contributed by atoms with Gasteiger partial charge in [0.2, 0.25) is 0 Å². The first kappa shape index (κ1) is 9.51. The Labute approximate surface area is 62.3 Å². The van der Waals surface area contributed by atoms with Crippen molar-refractivity contribution in [2.24, 2.45) is 0 Å². The normalized spacial score (nSPS) is 8.45. The summed E-state index contributed by atoms with van der Waals surface area (Å²) in [4.78, 5) is 13.5. The van der Waals surface area contributed by atoms with Crippen LogP contribution < -0.4 is 6.15 Å². The largest absolute Gasteiger partial charge is 0.478 e. The first-order valence-electron chi connectivity index (χ1n) is 2.54. The fourth-order valence-corrected chi connectivity index (χ4v) is 0.529. The van der Waals surface area contributed by atoms with E-state index in [0.29, 0.717) is 0 Å². The summed E-state index contributed by atoms with van der Waals surface area (Å²) in [6.07, 6.45) is 2.04. The van der Waals surface area contributed by atoms with Gasteiger partial charge in [-0.2, -0.15) is 0 Å². The van der Waals surface area contributed by atoms with E-state index < -0.39 is 11.8 Å². The molecule has 1 aromatic heterocycles. The highest BCUT2D eigenvalue weighted by atomic mass is 19.1. The highest BCUT2D eigenvalue weighted by Gasteiger charge is 2.02. The summed E-state index contributed by atoms with van der Waals surface area (Å²) in [5.41, 5.74) is -0.139. The minimum Gasteiger partial charge on any atom is -0.478 e. The molecular formula is C6H7FN2O2. The molecule has 0 atom stereocenters. The standard InChI is InChI=1S/C6H4FNO2.H3N/c7-5-1-4(6(9)10)2-8-3-5;/h1-3H,(H,9,10);1H3. The maximum absolute atomic E-state index is 12.2. The van der Waals surface area contributed by atoms with Crippen molar-refractivity contribution in [2.45, 2.75) is 0 Å². The predicted molar refractivity (Wildman–Crippen MR) is 36.2 cm³/mol. The number of pyridine rings is 1. The molecule has 0 aliphatic heterocycles. The van der Waals surface area contributed by atoms with Crippen molar-refractivity contribution in [3.05, 3.63) is 29.8 Å². The van der Waals surface area contributed by atoms with Gasteiger partial charge in [-0.25, -0.2) is 9.18 Å². The Morgan fingerprint density at radius 2 is 2.18 bits per heavy atom. The lowest BCUT2D eigenvalue weighted by molar-refractivity contribution is 0.0696. The average Bonchev–Trinajstić information content (AvgIpc) is 1.88. The van der Waals surface area contributed by atoms with Crippen LogP contribution in [0.2, 0.25) is 0 Å². The highest BCUT2D eigenvalue weighted by molar-refractivity contribution is 5.87. The Hall–Kier alpha value is -1.49. The second-order valence-corrected chi connectivity index (χ2v) is 1.70. The summed E-state index contributed by atoms with van der Waals surface area (Å²) < 4.78 is 12.2. The van der Waals surface area contributed by atoms with Crippen LogP contribution in [-0.4, -0.2) is 16.1 Å². The first-order valence-corrected chi connectivity index (χ1v) is 2.54. The lowest BCUT2D eigenvalue weighted by atomic mass is 10.3. The summed E-state index contributed by atoms with van der Waals surface area (Å²) in [7, 11) is 0. The molecular weight excluding hydrogens is 151 g/mol. The molecule has 0 saturated carbocycles. The van der Waals surface area contributed by atoms with Gasteiger partial charge in [0.05, 0.1) is 11.8 Å². The Bertz CT molecular complexity index is 265. The maximum Gasteiger partial charge on any atom is 0.337 e. The highest BCUT2D eigenvalue weighted by Crippen LogP contribution is 1.99. The van der Waals surface area contributed by atoms with E-state index >= 15 is 0 Å². The molecule has 11 heavy (non-hydrogen) atoms. The third-order valence-electron chi connectivity index (χ3n) is 0.952. The van der Waals surface area contributed by atoms with Gasteiger partial charge in [0.25, 0.3) is 0 Å². The SMILES string of the molecule is N.O=C(O)c1cncc(F)c1. The zero-order valence-electron chi connectivity index (χ0n) is 5.62. The van der Waals surface area contributed by atoms with Crippen LogP contribution >= 0.6 is 0 Å². The lowest BCUT2D eigenvalue weighted by Crippen LogP contribution is -1.97. The van der Waals surface area contributed by atoms with Crippen LogP contribution in [0, 0.1) is 5.82 Å². The molecule has 0 bridgehead atoms. The molecule has 0 unspecified atom stereocenters. The zero-order valence-corrected chi connectivity index (χ0v) is 5.62. The molecule has 1 heterocycles. The lowest BCUT2D eigenvalue weighted by Gasteiger charge is -1.90. The first-order chi connectivity index (χ1) is 4.70. The minimum atomic E-state index is -1.17. The van der Waals surface area contributed by atoms with Crippen LogP contribution in [0.15, 0.2) is 18.5 Å². The van der Waals surface area contributed by atoms with Crippen molar-refractivity contribution < 1.29 is 14.3 Å². The molecule has 5 heteroatoms. The quantitative estimate of drug-likeness (QED) is 0.640. The Balaban J connectivity index is 0.000001000. The Morgan fingerprint density at radius 3 is 2.55 bits per heavy atom. The minimum absolute atomic E-state index is 0. The Kier molecular flexibility index (Phi) is 3.13. The second kappa shape index (κ2) is 3.62. The predicted octanol–water partition coefficient (Wildman–Crippen LogP) is 1.08. The number of carbonyl (C=O) groups is 1. The van der Waals surface area contributed by atoms with Gasteiger partial charge in [0.1, 0.15) is 5.82 Å². The molecule has 0 radical (unpaired) electrons. The van der Waals surface area contributed by atoms with Crippen LogP contribution in [0.4, 0.5) is 4.39 Å². The van der Waals surface area contributed by atoms with Gasteiger partial charge in [-0.3, -0.25) is 4.98 Å². The van der Waals surface area contributed by atoms with Crippen molar-refractivity contribution >= 4 is 5.97 Å². The molecule has 4 N–H and O–H groups in total. The number of halogens is 1. The number of aromatic carboxylic acids is 1. The van der Waals surface area contributed by atoms with Crippen LogP contribution in [-0.2, 0) is 0 Å². The topological polar surface area (TPSA) is 85.2 Å². The fourth-order valence-electron chi connectivity index (χ4n) is 0.529. The number of rotatable bonds is 1. The van der Waals surface area contributed by atoms with Crippen LogP contribution in [0.3, 0.4) is 0 Å². The van der Waals surface area contributed by atoms with E-state index in [9.17, 15) is 9.18 Å². The van der Waals surface area contributed by atoms with Crippen molar-refractivity contribution in [3.63, 3.8) is 0 Å². The van der Waals surface area contributed by atoms with Crippen molar-refractivity contribution in [1.82, 2.24) is 11.1 Å². The van der Waals surface area contributed by atoms with E-state index in [4.69, 9.17) is 5.11 Å². The molecule has 0 aromatic carbocycles. The molecule has 0 aliphatic carbocycles. The molecule has 0 amide bonds. The second-order valence-electron chi connectivity index (χ2n) is 1.70. The van der Waals surface area contributed by atoms with E-state index in [1.54, 1.807) is 0 Å². The van der Waals surface area contributed by atoms with Crippen LogP contribution in [0.1, 0.15) is 10.4 Å². The van der Waals surface area contributed by atoms with Gasteiger partial charge < -0.3 is 11.3 Å². The number of carboxylic acid groups (broad SMARTS) is 1. The van der Waals surface area contributed by atoms with Crippen LogP contribution in [0.5, 0.6) is 0 Å². The molecule has 0 spiro atoms. The van der Waals surface area contributed by atoms with Gasteiger partial charge in [-0.1, -0.05) is 0 Å². The zero-order chi connectivity index (χ0) is 7.56. The van der Waals surface area contributed by atoms with Gasteiger partial charge >= 0.3 is 5.97 Å². The number of hydrogen-bond acceptors (Lipinski definition) is 3. The molecule has 1 rings (SSSR count). The molecule has 0 saturated heterocycles. The molecule has 0 aliphatic rings. The molecule has 60 valence electrons. The van der Waals surface area contributed by atoms with Crippen molar-refractivity contribution in [1.29, 1.82) is 0 Å². The third-order valence-corrected chi connectivity index (χ3v) is 0.952. The third kappa shape index (κ3) is 2.30. The van der Waals surface area contributed by atoms with E-state index in [0.717, 1.165) is 18.5 Å². The van der Waals surface area contributed by atoms with E-state index in [-0.39, 0.29) is 11.7 Å². The van der Waals surface area contributed by atoms with Crippen molar-refractivity contribution in [3.8, 4) is 0 Å². The summed E-state index contributed by atoms with van der Waals surface area (Å²) in [6.45, 7) is 0. The maximum atomic E-state index is 12.2. The fraction of sp³-hybridized carbons (Fsp3) is 0. The molecule has 0 fully saturated rings. The number of aromatic nitrogens is 1. The summed E-state index contributed by atoms with van der Waals surface area (Å²) in [6, 6.07) is 0.912. The summed E-state index contributed by atoms with van der Waals surface area (Å²) in [5.74, 6) is -1.81. The van der Waals surface area contributed by atoms with Crippen LogP contribution in [0.25, 0.3) is 0 Å². The van der Waals surface area contributed by atoms with E-state index in [2.05, 4.69) is 4.98 Å².